The molecule has 0 aliphatic rings. The summed E-state index contributed by atoms with van der Waals surface area (Å²) in [5.74, 6) is 1.02. The molecule has 0 saturated heterocycles. The molecule has 7 heteroatoms. The third-order valence-electron chi connectivity index (χ3n) is 2.30. The number of rotatable bonds is 7. The zero-order valence-corrected chi connectivity index (χ0v) is 12.0. The first-order valence-electron chi connectivity index (χ1n) is 5.91. The van der Waals surface area contributed by atoms with Crippen LogP contribution in [0.25, 0.3) is 0 Å². The van der Waals surface area contributed by atoms with Crippen molar-refractivity contribution < 1.29 is 9.53 Å². The van der Waals surface area contributed by atoms with Crippen LogP contribution in [0.5, 0.6) is 0 Å². The predicted octanol–water partition coefficient (Wildman–Crippen LogP) is 1.22. The zero-order valence-electron chi connectivity index (χ0n) is 11.2. The van der Waals surface area contributed by atoms with E-state index in [1.165, 1.54) is 11.5 Å². The summed E-state index contributed by atoms with van der Waals surface area (Å²) in [6.07, 6.45) is 0. The van der Waals surface area contributed by atoms with Crippen molar-refractivity contribution in [3.63, 3.8) is 0 Å². The molecule has 1 unspecified atom stereocenters. The van der Waals surface area contributed by atoms with Crippen molar-refractivity contribution in [3.8, 4) is 0 Å². The summed E-state index contributed by atoms with van der Waals surface area (Å²) in [6, 6.07) is -0.338. The number of anilines is 1. The number of methoxy groups -OCH3 is 1. The Bertz CT molecular complexity index is 381. The lowest BCUT2D eigenvalue weighted by Gasteiger charge is -2.12. The fourth-order valence-electron chi connectivity index (χ4n) is 1.21. The number of amides is 1. The van der Waals surface area contributed by atoms with Crippen molar-refractivity contribution in [3.05, 3.63) is 5.82 Å². The summed E-state index contributed by atoms with van der Waals surface area (Å²) >= 11 is 1.28. The van der Waals surface area contributed by atoms with Gasteiger partial charge in [0.2, 0.25) is 11.0 Å². The van der Waals surface area contributed by atoms with Crippen molar-refractivity contribution in [2.45, 2.75) is 32.7 Å². The van der Waals surface area contributed by atoms with Crippen LogP contribution in [0.15, 0.2) is 0 Å². The Kier molecular flexibility index (Phi) is 6.00. The van der Waals surface area contributed by atoms with E-state index in [4.69, 9.17) is 4.74 Å². The summed E-state index contributed by atoms with van der Waals surface area (Å²) in [5.41, 5.74) is 0. The van der Waals surface area contributed by atoms with Gasteiger partial charge in [-0.05, 0) is 6.92 Å². The van der Waals surface area contributed by atoms with Gasteiger partial charge in [0.1, 0.15) is 11.9 Å². The molecule has 102 valence electrons. The van der Waals surface area contributed by atoms with E-state index < -0.39 is 0 Å². The molecule has 6 nitrogen and oxygen atoms in total. The molecule has 18 heavy (non-hydrogen) atoms. The SMILES string of the molecule is COCCNC(=O)C(C)Nc1nc(C(C)C)ns1. The van der Waals surface area contributed by atoms with E-state index in [1.807, 2.05) is 13.8 Å². The number of hydrogen-bond donors (Lipinski definition) is 2. The number of ether oxygens (including phenoxy) is 1. The standard InChI is InChI=1S/C11H20N4O2S/c1-7(2)9-14-11(18-15-9)13-8(3)10(16)12-5-6-17-4/h7-8H,5-6H2,1-4H3,(H,12,16)(H,13,14,15). The molecule has 0 bridgehead atoms. The Balaban J connectivity index is 2.42. The minimum Gasteiger partial charge on any atom is -0.383 e. The average molecular weight is 272 g/mol. The maximum atomic E-state index is 11.7. The van der Waals surface area contributed by atoms with E-state index in [0.29, 0.717) is 24.2 Å². The second-order valence-corrected chi connectivity index (χ2v) is 5.01. The number of nitrogens with one attached hydrogen (secondary N) is 2. The van der Waals surface area contributed by atoms with E-state index in [-0.39, 0.29) is 11.9 Å². The molecule has 0 aromatic carbocycles. The Morgan fingerprint density at radius 1 is 1.44 bits per heavy atom. The van der Waals surface area contributed by atoms with Crippen LogP contribution in [0.4, 0.5) is 5.13 Å². The van der Waals surface area contributed by atoms with Crippen LogP contribution in [0.3, 0.4) is 0 Å². The highest BCUT2D eigenvalue weighted by Gasteiger charge is 2.15. The van der Waals surface area contributed by atoms with Gasteiger partial charge in [0.05, 0.1) is 6.61 Å². The molecular weight excluding hydrogens is 252 g/mol. The van der Waals surface area contributed by atoms with Gasteiger partial charge < -0.3 is 15.4 Å². The number of nitrogens with zero attached hydrogens (tertiary/aromatic N) is 2. The normalized spacial score (nSPS) is 12.5. The van der Waals surface area contributed by atoms with Gasteiger partial charge in [-0.25, -0.2) is 4.98 Å². The first-order valence-corrected chi connectivity index (χ1v) is 6.68. The van der Waals surface area contributed by atoms with Crippen molar-refractivity contribution >= 4 is 22.6 Å². The van der Waals surface area contributed by atoms with E-state index in [0.717, 1.165) is 5.82 Å². The monoisotopic (exact) mass is 272 g/mol. The van der Waals surface area contributed by atoms with Crippen LogP contribution in [0.2, 0.25) is 0 Å². The molecular formula is C11H20N4O2S. The Morgan fingerprint density at radius 2 is 2.17 bits per heavy atom. The highest BCUT2D eigenvalue weighted by molar-refractivity contribution is 7.09. The van der Waals surface area contributed by atoms with E-state index in [2.05, 4.69) is 20.0 Å². The van der Waals surface area contributed by atoms with E-state index >= 15 is 0 Å². The fraction of sp³-hybridized carbons (Fsp3) is 0.727. The second-order valence-electron chi connectivity index (χ2n) is 4.26. The van der Waals surface area contributed by atoms with Crippen molar-refractivity contribution in [1.29, 1.82) is 0 Å². The first-order chi connectivity index (χ1) is 8.54. The number of hydrogen-bond acceptors (Lipinski definition) is 6. The molecule has 2 N–H and O–H groups in total. The van der Waals surface area contributed by atoms with Crippen molar-refractivity contribution in [2.24, 2.45) is 0 Å². The minimum absolute atomic E-state index is 0.0756. The molecule has 1 heterocycles. The van der Waals surface area contributed by atoms with Crippen LogP contribution in [0.1, 0.15) is 32.5 Å². The first kappa shape index (κ1) is 14.8. The lowest BCUT2D eigenvalue weighted by Crippen LogP contribution is -2.39. The molecule has 1 amide bonds. The van der Waals surface area contributed by atoms with Crippen LogP contribution < -0.4 is 10.6 Å². The van der Waals surface area contributed by atoms with Crippen LogP contribution >= 0.6 is 11.5 Å². The topological polar surface area (TPSA) is 76.1 Å². The van der Waals surface area contributed by atoms with Gasteiger partial charge in [-0.15, -0.1) is 0 Å². The van der Waals surface area contributed by atoms with Crippen molar-refractivity contribution in [2.75, 3.05) is 25.6 Å². The summed E-state index contributed by atoms with van der Waals surface area (Å²) in [7, 11) is 1.60. The molecule has 0 fully saturated rings. The van der Waals surface area contributed by atoms with Gasteiger partial charge >= 0.3 is 0 Å². The van der Waals surface area contributed by atoms with Crippen LogP contribution in [-0.4, -0.2) is 41.6 Å². The van der Waals surface area contributed by atoms with Crippen LogP contribution in [-0.2, 0) is 9.53 Å². The molecule has 1 aromatic heterocycles. The highest BCUT2D eigenvalue weighted by Crippen LogP contribution is 2.17. The molecule has 0 aliphatic heterocycles. The van der Waals surface area contributed by atoms with Crippen LogP contribution in [0, 0.1) is 0 Å². The van der Waals surface area contributed by atoms with Gasteiger partial charge in [-0.3, -0.25) is 4.79 Å². The number of carbonyl (C=O) groups is 1. The Morgan fingerprint density at radius 3 is 2.72 bits per heavy atom. The van der Waals surface area contributed by atoms with E-state index in [9.17, 15) is 4.79 Å². The Labute approximate surface area is 111 Å². The molecule has 0 spiro atoms. The molecule has 1 atom stereocenters. The molecule has 1 rings (SSSR count). The average Bonchev–Trinajstić information content (AvgIpc) is 2.77. The summed E-state index contributed by atoms with van der Waals surface area (Å²) in [4.78, 5) is 16.0. The number of aromatic nitrogens is 2. The van der Waals surface area contributed by atoms with Crippen molar-refractivity contribution in [1.82, 2.24) is 14.7 Å². The lowest BCUT2D eigenvalue weighted by atomic mass is 10.2. The smallest absolute Gasteiger partial charge is 0.242 e. The third-order valence-corrected chi connectivity index (χ3v) is 2.96. The van der Waals surface area contributed by atoms with Gasteiger partial charge in [-0.2, -0.15) is 4.37 Å². The van der Waals surface area contributed by atoms with Gasteiger partial charge in [0.15, 0.2) is 0 Å². The Hall–Kier alpha value is -1.21. The van der Waals surface area contributed by atoms with Gasteiger partial charge in [0.25, 0.3) is 0 Å². The van der Waals surface area contributed by atoms with E-state index in [1.54, 1.807) is 14.0 Å². The van der Waals surface area contributed by atoms with Gasteiger partial charge in [-0.1, -0.05) is 13.8 Å². The molecule has 0 radical (unpaired) electrons. The lowest BCUT2D eigenvalue weighted by molar-refractivity contribution is -0.121. The molecule has 1 aromatic rings. The zero-order chi connectivity index (χ0) is 13.5. The highest BCUT2D eigenvalue weighted by atomic mass is 32.1. The number of carbonyl (C=O) groups excluding carboxylic acids is 1. The maximum absolute atomic E-state index is 11.7. The third kappa shape index (κ3) is 4.58. The molecule has 0 aliphatic carbocycles. The largest absolute Gasteiger partial charge is 0.383 e. The summed E-state index contributed by atoms with van der Waals surface area (Å²) < 4.78 is 9.08. The fourth-order valence-corrected chi connectivity index (χ4v) is 2.00. The second kappa shape index (κ2) is 7.27. The summed E-state index contributed by atoms with van der Waals surface area (Å²) in [5, 5.41) is 6.47. The maximum Gasteiger partial charge on any atom is 0.242 e. The van der Waals surface area contributed by atoms with Gasteiger partial charge in [0, 0.05) is 31.1 Å². The minimum atomic E-state index is -0.338. The summed E-state index contributed by atoms with van der Waals surface area (Å²) in [6.45, 7) is 6.88. The molecule has 0 saturated carbocycles. The quantitative estimate of drug-likeness (QED) is 0.730. The predicted molar refractivity (Wildman–Crippen MR) is 72.0 cm³/mol.